The molecule has 2 heterocycles. The zero-order chi connectivity index (χ0) is 24.3. The molecule has 1 amide bonds. The Bertz CT molecular complexity index is 1110. The zero-order valence-electron chi connectivity index (χ0n) is 20.9. The largest absolute Gasteiger partial charge is 0.340 e. The van der Waals surface area contributed by atoms with Gasteiger partial charge in [0.25, 0.3) is 0 Å². The highest BCUT2D eigenvalue weighted by atomic mass is 19.1. The number of carbonyl (C=O) groups excluding carboxylic acids is 2. The smallest absolute Gasteiger partial charge is 0.228 e. The van der Waals surface area contributed by atoms with Crippen LogP contribution >= 0.6 is 0 Å². The van der Waals surface area contributed by atoms with E-state index in [-0.39, 0.29) is 17.0 Å². The van der Waals surface area contributed by atoms with Gasteiger partial charge in [-0.25, -0.2) is 4.39 Å². The summed E-state index contributed by atoms with van der Waals surface area (Å²) in [6.07, 6.45) is 7.39. The van der Waals surface area contributed by atoms with Crippen molar-refractivity contribution in [3.05, 3.63) is 53.1 Å². The van der Waals surface area contributed by atoms with Crippen molar-refractivity contribution >= 4 is 11.7 Å². The maximum Gasteiger partial charge on any atom is 0.228 e. The minimum Gasteiger partial charge on any atom is -0.340 e. The molecule has 186 valence electrons. The highest BCUT2D eigenvalue weighted by Gasteiger charge is 2.55. The summed E-state index contributed by atoms with van der Waals surface area (Å²) >= 11 is 0. The van der Waals surface area contributed by atoms with E-state index in [1.165, 1.54) is 31.4 Å². The molecule has 6 heteroatoms. The number of Topliss-reactive ketones (excluding diaryl/α,β-unsaturated/α-hetero) is 1. The lowest BCUT2D eigenvalue weighted by molar-refractivity contribution is -0.159. The third-order valence-corrected chi connectivity index (χ3v) is 9.33. The van der Waals surface area contributed by atoms with Gasteiger partial charge < -0.3 is 9.47 Å². The molecular weight excluding hydrogens is 441 g/mol. The van der Waals surface area contributed by atoms with Crippen molar-refractivity contribution in [3.8, 4) is 5.69 Å². The van der Waals surface area contributed by atoms with Crippen LogP contribution in [0.2, 0.25) is 0 Å². The number of carbonyl (C=O) groups is 2. The van der Waals surface area contributed by atoms with Crippen LogP contribution in [-0.2, 0) is 4.79 Å². The third-order valence-electron chi connectivity index (χ3n) is 9.33. The summed E-state index contributed by atoms with van der Waals surface area (Å²) < 4.78 is 15.4. The number of halogens is 1. The topological polar surface area (TPSA) is 45.6 Å². The molecule has 5 aliphatic rings. The molecule has 0 unspecified atom stereocenters. The van der Waals surface area contributed by atoms with Crippen LogP contribution in [0.15, 0.2) is 30.3 Å². The molecule has 35 heavy (non-hydrogen) atoms. The summed E-state index contributed by atoms with van der Waals surface area (Å²) in [5.41, 5.74) is 3.35. The Morgan fingerprint density at radius 3 is 2.06 bits per heavy atom. The number of hydrogen-bond donors (Lipinski definition) is 0. The van der Waals surface area contributed by atoms with Crippen molar-refractivity contribution in [3.63, 3.8) is 0 Å². The van der Waals surface area contributed by atoms with Gasteiger partial charge in [-0.2, -0.15) is 0 Å². The summed E-state index contributed by atoms with van der Waals surface area (Å²) in [5, 5.41) is 0. The molecule has 1 aromatic heterocycles. The maximum atomic E-state index is 13.7. The van der Waals surface area contributed by atoms with Gasteiger partial charge in [-0.05, 0) is 100 Å². The van der Waals surface area contributed by atoms with Crippen molar-refractivity contribution in [2.45, 2.75) is 52.4 Å². The fraction of sp³-hybridized carbons (Fsp3) is 0.586. The second-order valence-electron chi connectivity index (χ2n) is 11.8. The number of amides is 1. The Labute approximate surface area is 207 Å². The molecule has 7 rings (SSSR count). The van der Waals surface area contributed by atoms with E-state index in [0.717, 1.165) is 85.8 Å². The van der Waals surface area contributed by atoms with Gasteiger partial charge in [-0.15, -0.1) is 0 Å². The average Bonchev–Trinajstić information content (AvgIpc) is 3.13. The van der Waals surface area contributed by atoms with Crippen molar-refractivity contribution in [1.82, 2.24) is 14.4 Å². The standard InChI is InChI=1S/C29H36FN3O2/c1-19-11-26(20(2)33(19)25-5-3-24(30)4-6-25)27(34)18-31-7-9-32(10-8-31)28(35)29-15-21-12-22(16-29)14-23(13-21)17-29/h3-6,11,21-23H,7-10,12-18H2,1-2H3. The molecule has 4 saturated carbocycles. The summed E-state index contributed by atoms with van der Waals surface area (Å²) in [5.74, 6) is 2.57. The first kappa shape index (κ1) is 23.0. The molecule has 4 aliphatic carbocycles. The van der Waals surface area contributed by atoms with Crippen LogP contribution in [0.5, 0.6) is 0 Å². The zero-order valence-corrected chi connectivity index (χ0v) is 20.9. The molecule has 5 nitrogen and oxygen atoms in total. The van der Waals surface area contributed by atoms with E-state index in [4.69, 9.17) is 0 Å². The van der Waals surface area contributed by atoms with E-state index in [1.54, 1.807) is 12.1 Å². The van der Waals surface area contributed by atoms with E-state index in [9.17, 15) is 14.0 Å². The van der Waals surface area contributed by atoms with Gasteiger partial charge in [0.2, 0.25) is 5.91 Å². The quantitative estimate of drug-likeness (QED) is 0.583. The van der Waals surface area contributed by atoms with Gasteiger partial charge in [0.15, 0.2) is 5.78 Å². The van der Waals surface area contributed by atoms with Crippen LogP contribution in [0.1, 0.15) is 60.3 Å². The summed E-state index contributed by atoms with van der Waals surface area (Å²) in [6, 6.07) is 8.31. The predicted molar refractivity (Wildman–Crippen MR) is 133 cm³/mol. The first-order valence-electron chi connectivity index (χ1n) is 13.3. The van der Waals surface area contributed by atoms with Gasteiger partial charge in [-0.3, -0.25) is 14.5 Å². The van der Waals surface area contributed by atoms with Gasteiger partial charge >= 0.3 is 0 Å². The summed E-state index contributed by atoms with van der Waals surface area (Å²) in [6.45, 7) is 7.24. The van der Waals surface area contributed by atoms with Gasteiger partial charge in [-0.1, -0.05) is 0 Å². The Morgan fingerprint density at radius 2 is 1.49 bits per heavy atom. The Morgan fingerprint density at radius 1 is 0.914 bits per heavy atom. The fourth-order valence-electron chi connectivity index (χ4n) is 8.14. The Hall–Kier alpha value is -2.47. The molecule has 1 aliphatic heterocycles. The van der Waals surface area contributed by atoms with Crippen LogP contribution in [0.3, 0.4) is 0 Å². The lowest BCUT2D eigenvalue weighted by Crippen LogP contribution is -2.58. The monoisotopic (exact) mass is 477 g/mol. The van der Waals surface area contributed by atoms with Crippen LogP contribution in [0.25, 0.3) is 5.69 Å². The van der Waals surface area contributed by atoms with Crippen LogP contribution in [0, 0.1) is 42.8 Å². The molecule has 0 spiro atoms. The molecule has 0 N–H and O–H groups in total. The number of nitrogens with zero attached hydrogens (tertiary/aromatic N) is 3. The number of piperazine rings is 1. The van der Waals surface area contributed by atoms with E-state index in [1.807, 2.05) is 24.5 Å². The van der Waals surface area contributed by atoms with Crippen molar-refractivity contribution < 1.29 is 14.0 Å². The first-order chi connectivity index (χ1) is 16.8. The van der Waals surface area contributed by atoms with E-state index in [0.29, 0.717) is 12.5 Å². The lowest BCUT2D eigenvalue weighted by Gasteiger charge is -2.57. The number of rotatable bonds is 5. The third kappa shape index (κ3) is 4.04. The Kier molecular flexibility index (Phi) is 5.63. The van der Waals surface area contributed by atoms with E-state index in [2.05, 4.69) is 9.80 Å². The molecular formula is C29H36FN3O2. The van der Waals surface area contributed by atoms with E-state index < -0.39 is 0 Å². The SMILES string of the molecule is Cc1cc(C(=O)CN2CCN(C(=O)C34CC5CC(CC(C5)C3)C4)CC2)c(C)n1-c1ccc(F)cc1. The molecule has 2 aromatic rings. The molecule has 5 fully saturated rings. The number of aryl methyl sites for hydroxylation is 1. The number of aromatic nitrogens is 1. The highest BCUT2D eigenvalue weighted by Crippen LogP contribution is 2.60. The van der Waals surface area contributed by atoms with Crippen LogP contribution in [0.4, 0.5) is 4.39 Å². The second-order valence-corrected chi connectivity index (χ2v) is 11.8. The minimum atomic E-state index is -0.270. The Balaban J connectivity index is 1.09. The van der Waals surface area contributed by atoms with Gasteiger partial charge in [0.05, 0.1) is 12.0 Å². The van der Waals surface area contributed by atoms with Crippen LogP contribution < -0.4 is 0 Å². The molecule has 1 saturated heterocycles. The maximum absolute atomic E-state index is 13.7. The fourth-order valence-corrected chi connectivity index (χ4v) is 8.14. The normalized spacial score (nSPS) is 30.1. The summed E-state index contributed by atoms with van der Waals surface area (Å²) in [7, 11) is 0. The van der Waals surface area contributed by atoms with Gasteiger partial charge in [0.1, 0.15) is 5.82 Å². The van der Waals surface area contributed by atoms with E-state index >= 15 is 0 Å². The number of ketones is 1. The van der Waals surface area contributed by atoms with Crippen molar-refractivity contribution in [1.29, 1.82) is 0 Å². The highest BCUT2D eigenvalue weighted by molar-refractivity contribution is 5.99. The van der Waals surface area contributed by atoms with Gasteiger partial charge in [0, 0.05) is 48.8 Å². The minimum absolute atomic E-state index is 0.0787. The average molecular weight is 478 g/mol. The van der Waals surface area contributed by atoms with Crippen LogP contribution in [-0.4, -0.2) is 58.8 Å². The molecule has 4 bridgehead atoms. The summed E-state index contributed by atoms with van der Waals surface area (Å²) in [4.78, 5) is 31.2. The van der Waals surface area contributed by atoms with Crippen molar-refractivity contribution in [2.24, 2.45) is 23.2 Å². The second kappa shape index (κ2) is 8.58. The predicted octanol–water partition coefficient (Wildman–Crippen LogP) is 4.78. The molecule has 1 aromatic carbocycles. The number of benzene rings is 1. The molecule has 0 radical (unpaired) electrons. The lowest BCUT2D eigenvalue weighted by atomic mass is 9.49. The number of hydrogen-bond acceptors (Lipinski definition) is 3. The molecule has 0 atom stereocenters. The first-order valence-corrected chi connectivity index (χ1v) is 13.3. The van der Waals surface area contributed by atoms with Crippen molar-refractivity contribution in [2.75, 3.05) is 32.7 Å².